The van der Waals surface area contributed by atoms with Crippen LogP contribution in [0.4, 0.5) is 0 Å². The number of carbonyl (C=O) groups excluding carboxylic acids is 3. The molecule has 0 atom stereocenters. The molecular formula is C33H46N4O3. The van der Waals surface area contributed by atoms with Gasteiger partial charge in [0.1, 0.15) is 0 Å². The Labute approximate surface area is 240 Å². The van der Waals surface area contributed by atoms with Crippen LogP contribution in [0.2, 0.25) is 0 Å². The van der Waals surface area contributed by atoms with Crippen molar-refractivity contribution in [2.75, 3.05) is 32.7 Å². The van der Waals surface area contributed by atoms with E-state index in [0.717, 1.165) is 44.9 Å². The molecule has 1 aliphatic rings. The Balaban J connectivity index is 1.48. The molecule has 2 rings (SSSR count). The average Bonchev–Trinajstić information content (AvgIpc) is 2.99. The fraction of sp³-hybridized carbons (Fsp3) is 0.455. The highest BCUT2D eigenvalue weighted by Crippen LogP contribution is 2.08. The smallest absolute Gasteiger partial charge is 0.252 e. The normalized spacial score (nSPS) is 14.4. The Morgan fingerprint density at radius 3 is 1.82 bits per heavy atom. The molecule has 40 heavy (non-hydrogen) atoms. The molecule has 1 aromatic heterocycles. The number of amides is 3. The number of rotatable bonds is 17. The van der Waals surface area contributed by atoms with Gasteiger partial charge in [-0.15, -0.1) is 0 Å². The van der Waals surface area contributed by atoms with E-state index in [9.17, 15) is 14.4 Å². The molecule has 0 saturated carbocycles. The van der Waals surface area contributed by atoms with Crippen LogP contribution in [-0.4, -0.2) is 65.2 Å². The lowest BCUT2D eigenvalue weighted by Crippen LogP contribution is -2.51. The number of piperazine rings is 1. The summed E-state index contributed by atoms with van der Waals surface area (Å²) in [4.78, 5) is 44.6. The maximum atomic E-state index is 12.5. The van der Waals surface area contributed by atoms with Crippen molar-refractivity contribution in [2.45, 2.75) is 64.7 Å². The highest BCUT2D eigenvalue weighted by Gasteiger charge is 2.23. The van der Waals surface area contributed by atoms with E-state index in [1.807, 2.05) is 4.90 Å². The van der Waals surface area contributed by atoms with Gasteiger partial charge in [0.25, 0.3) is 5.91 Å². The van der Waals surface area contributed by atoms with E-state index in [1.165, 1.54) is 6.20 Å². The van der Waals surface area contributed by atoms with Gasteiger partial charge in [0.05, 0.1) is 5.56 Å². The highest BCUT2D eigenvalue weighted by atomic mass is 16.2. The zero-order valence-corrected chi connectivity index (χ0v) is 24.0. The first-order valence-corrected chi connectivity index (χ1v) is 14.6. The molecule has 1 aromatic rings. The van der Waals surface area contributed by atoms with E-state index < -0.39 is 0 Å². The minimum absolute atomic E-state index is 0.00280. The summed E-state index contributed by atoms with van der Waals surface area (Å²) in [5.41, 5.74) is 0.475. The van der Waals surface area contributed by atoms with Gasteiger partial charge in [-0.2, -0.15) is 0 Å². The van der Waals surface area contributed by atoms with Crippen molar-refractivity contribution in [1.82, 2.24) is 20.1 Å². The zero-order chi connectivity index (χ0) is 28.7. The molecule has 7 heteroatoms. The van der Waals surface area contributed by atoms with Crippen LogP contribution in [0.15, 0.2) is 85.3 Å². The van der Waals surface area contributed by atoms with Crippen LogP contribution < -0.4 is 5.32 Å². The SMILES string of the molecule is CCC=CCC=CCC=CCC=CCC=CCCCC(=O)N1CCN(C(=O)CCNC(=O)c2cccnc2)CC1. The molecule has 1 aliphatic heterocycles. The third-order valence-electron chi connectivity index (χ3n) is 6.45. The quantitative estimate of drug-likeness (QED) is 0.198. The van der Waals surface area contributed by atoms with E-state index in [1.54, 1.807) is 23.2 Å². The number of hydrogen-bond donors (Lipinski definition) is 1. The molecule has 1 N–H and O–H groups in total. The van der Waals surface area contributed by atoms with Crippen LogP contribution in [0.25, 0.3) is 0 Å². The molecule has 2 heterocycles. The van der Waals surface area contributed by atoms with Crippen molar-refractivity contribution in [3.63, 3.8) is 0 Å². The monoisotopic (exact) mass is 546 g/mol. The lowest BCUT2D eigenvalue weighted by Gasteiger charge is -2.35. The minimum atomic E-state index is -0.235. The second kappa shape index (κ2) is 21.1. The van der Waals surface area contributed by atoms with Crippen LogP contribution in [0.3, 0.4) is 0 Å². The van der Waals surface area contributed by atoms with Gasteiger partial charge in [-0.05, 0) is 57.1 Å². The summed E-state index contributed by atoms with van der Waals surface area (Å²) in [6, 6.07) is 3.38. The summed E-state index contributed by atoms with van der Waals surface area (Å²) in [5.74, 6) is -0.0824. The Kier molecular flexibility index (Phi) is 17.2. The Bertz CT molecular complexity index is 1020. The van der Waals surface area contributed by atoms with Gasteiger partial charge >= 0.3 is 0 Å². The van der Waals surface area contributed by atoms with Crippen LogP contribution >= 0.6 is 0 Å². The lowest BCUT2D eigenvalue weighted by molar-refractivity contribution is -0.139. The van der Waals surface area contributed by atoms with Gasteiger partial charge in [0.2, 0.25) is 11.8 Å². The van der Waals surface area contributed by atoms with Gasteiger partial charge in [-0.3, -0.25) is 19.4 Å². The molecule has 0 aromatic carbocycles. The number of allylic oxidation sites excluding steroid dienone is 10. The second-order valence-electron chi connectivity index (χ2n) is 9.61. The molecule has 1 fully saturated rings. The lowest BCUT2D eigenvalue weighted by atomic mass is 10.2. The van der Waals surface area contributed by atoms with Crippen molar-refractivity contribution >= 4 is 17.7 Å². The molecule has 3 amide bonds. The minimum Gasteiger partial charge on any atom is -0.351 e. The molecule has 0 spiro atoms. The highest BCUT2D eigenvalue weighted by molar-refractivity contribution is 5.94. The molecule has 0 unspecified atom stereocenters. The van der Waals surface area contributed by atoms with Crippen LogP contribution in [0.5, 0.6) is 0 Å². The number of nitrogens with one attached hydrogen (secondary N) is 1. The molecule has 216 valence electrons. The van der Waals surface area contributed by atoms with Gasteiger partial charge in [-0.25, -0.2) is 0 Å². The van der Waals surface area contributed by atoms with Crippen molar-refractivity contribution < 1.29 is 14.4 Å². The van der Waals surface area contributed by atoms with E-state index in [0.29, 0.717) is 38.2 Å². The van der Waals surface area contributed by atoms with Crippen LogP contribution in [0.1, 0.15) is 75.1 Å². The number of unbranched alkanes of at least 4 members (excludes halogenated alkanes) is 1. The van der Waals surface area contributed by atoms with Crippen LogP contribution in [-0.2, 0) is 9.59 Å². The summed E-state index contributed by atoms with van der Waals surface area (Å²) >= 11 is 0. The molecule has 0 aliphatic carbocycles. The van der Waals surface area contributed by atoms with E-state index in [-0.39, 0.29) is 30.7 Å². The first-order chi connectivity index (χ1) is 19.6. The fourth-order valence-corrected chi connectivity index (χ4v) is 4.14. The largest absolute Gasteiger partial charge is 0.351 e. The van der Waals surface area contributed by atoms with Crippen molar-refractivity contribution in [3.05, 3.63) is 90.9 Å². The van der Waals surface area contributed by atoms with Crippen molar-refractivity contribution in [2.24, 2.45) is 0 Å². The van der Waals surface area contributed by atoms with Crippen molar-refractivity contribution in [3.8, 4) is 0 Å². The number of aromatic nitrogens is 1. The topological polar surface area (TPSA) is 82.6 Å². The predicted molar refractivity (Wildman–Crippen MR) is 163 cm³/mol. The van der Waals surface area contributed by atoms with Gasteiger partial charge in [-0.1, -0.05) is 67.7 Å². The van der Waals surface area contributed by atoms with E-state index in [2.05, 4.69) is 78.0 Å². The Morgan fingerprint density at radius 2 is 1.30 bits per heavy atom. The van der Waals surface area contributed by atoms with Crippen LogP contribution in [0, 0.1) is 0 Å². The number of hydrogen-bond acceptors (Lipinski definition) is 4. The zero-order valence-electron chi connectivity index (χ0n) is 24.0. The third-order valence-corrected chi connectivity index (χ3v) is 6.45. The number of carbonyl (C=O) groups is 3. The summed E-state index contributed by atoms with van der Waals surface area (Å²) in [5, 5.41) is 2.75. The van der Waals surface area contributed by atoms with Crippen molar-refractivity contribution in [1.29, 1.82) is 0 Å². The summed E-state index contributed by atoms with van der Waals surface area (Å²) in [6.07, 6.45) is 32.4. The molecule has 0 bridgehead atoms. The Morgan fingerprint density at radius 1 is 0.775 bits per heavy atom. The van der Waals surface area contributed by atoms with E-state index >= 15 is 0 Å². The first kappa shape index (κ1) is 32.5. The van der Waals surface area contributed by atoms with Gasteiger partial charge in [0.15, 0.2) is 0 Å². The first-order valence-electron chi connectivity index (χ1n) is 14.6. The van der Waals surface area contributed by atoms with E-state index in [4.69, 9.17) is 0 Å². The van der Waals surface area contributed by atoms with Gasteiger partial charge < -0.3 is 15.1 Å². The fourth-order valence-electron chi connectivity index (χ4n) is 4.14. The number of nitrogens with zero attached hydrogens (tertiary/aromatic N) is 3. The predicted octanol–water partition coefficient (Wildman–Crippen LogP) is 5.79. The molecule has 0 radical (unpaired) electrons. The summed E-state index contributed by atoms with van der Waals surface area (Å²) < 4.78 is 0. The second-order valence-corrected chi connectivity index (χ2v) is 9.61. The molecule has 7 nitrogen and oxygen atoms in total. The standard InChI is InChI=1S/C33H46N4O3/c1-2-3-4-5-6-7-8-9-10-11-12-13-14-15-16-17-18-21-31(38)36-25-27-37(28-26-36)32(39)22-24-35-33(40)30-20-19-23-34-29-30/h3-4,6-7,9-10,12-13,15-16,19-20,23,29H,2,5,8,11,14,17-18,21-22,24-28H2,1H3,(H,35,40). The average molecular weight is 547 g/mol. The maximum absolute atomic E-state index is 12.5. The summed E-state index contributed by atoms with van der Waals surface area (Å²) in [7, 11) is 0. The number of pyridine rings is 1. The third kappa shape index (κ3) is 14.4. The van der Waals surface area contributed by atoms with Gasteiger partial charge in [0, 0.05) is 58.0 Å². The Hall–Kier alpha value is -3.74. The molecule has 1 saturated heterocycles. The molecular weight excluding hydrogens is 500 g/mol. The summed E-state index contributed by atoms with van der Waals surface area (Å²) in [6.45, 7) is 4.63. The maximum Gasteiger partial charge on any atom is 0.252 e.